The molecule has 0 bridgehead atoms. The van der Waals surface area contributed by atoms with E-state index in [1.165, 1.54) is 12.0 Å². The van der Waals surface area contributed by atoms with Crippen molar-refractivity contribution < 1.29 is 19.1 Å². The Morgan fingerprint density at radius 1 is 1.58 bits per heavy atom. The molecule has 2 rings (SSSR count). The molecule has 0 radical (unpaired) electrons. The van der Waals surface area contributed by atoms with E-state index >= 15 is 0 Å². The molecule has 0 spiro atoms. The van der Waals surface area contributed by atoms with Gasteiger partial charge in [-0.05, 0) is 18.2 Å². The molecule has 1 atom stereocenters. The molecule has 0 aromatic heterocycles. The summed E-state index contributed by atoms with van der Waals surface area (Å²) in [5.41, 5.74) is 6.65. The van der Waals surface area contributed by atoms with Crippen LogP contribution >= 0.6 is 0 Å². The Morgan fingerprint density at radius 2 is 2.37 bits per heavy atom. The van der Waals surface area contributed by atoms with Gasteiger partial charge in [-0.25, -0.2) is 9.59 Å². The molecule has 1 amide bonds. The first-order valence-corrected chi connectivity index (χ1v) is 6.01. The molecule has 6 heteroatoms. The Hall–Kier alpha value is -2.08. The molecular weight excluding hydrogens is 248 g/mol. The zero-order chi connectivity index (χ0) is 13.8. The number of ether oxygens (including phenoxy) is 2. The summed E-state index contributed by atoms with van der Waals surface area (Å²) in [5, 5.41) is 0. The molecule has 1 aliphatic rings. The number of carbonyl (C=O) groups excluding carboxylic acids is 2. The normalized spacial score (nSPS) is 18.9. The number of methoxy groups -OCH3 is 1. The Labute approximate surface area is 111 Å². The summed E-state index contributed by atoms with van der Waals surface area (Å²) in [5.74, 6) is -0.448. The maximum absolute atomic E-state index is 11.8. The van der Waals surface area contributed by atoms with Gasteiger partial charge in [0.1, 0.15) is 0 Å². The van der Waals surface area contributed by atoms with Crippen LogP contribution in [0.25, 0.3) is 0 Å². The van der Waals surface area contributed by atoms with Crippen molar-refractivity contribution in [3.8, 4) is 0 Å². The summed E-state index contributed by atoms with van der Waals surface area (Å²) >= 11 is 0. The largest absolute Gasteiger partial charge is 0.465 e. The molecule has 6 nitrogen and oxygen atoms in total. The highest BCUT2D eigenvalue weighted by atomic mass is 16.6. The fourth-order valence-electron chi connectivity index (χ4n) is 2.07. The Morgan fingerprint density at radius 3 is 3.05 bits per heavy atom. The van der Waals surface area contributed by atoms with Crippen molar-refractivity contribution in [3.63, 3.8) is 0 Å². The summed E-state index contributed by atoms with van der Waals surface area (Å²) in [4.78, 5) is 24.8. The predicted octanol–water partition coefficient (Wildman–Crippen LogP) is 1.15. The van der Waals surface area contributed by atoms with Crippen LogP contribution in [0.5, 0.6) is 0 Å². The molecule has 1 heterocycles. The lowest BCUT2D eigenvalue weighted by Gasteiger charge is -2.34. The minimum Gasteiger partial charge on any atom is -0.465 e. The summed E-state index contributed by atoms with van der Waals surface area (Å²) in [7, 11) is 1.31. The van der Waals surface area contributed by atoms with Crippen LogP contribution in [0.2, 0.25) is 0 Å². The molecule has 19 heavy (non-hydrogen) atoms. The first-order chi connectivity index (χ1) is 9.17. The number of hydrogen-bond acceptors (Lipinski definition) is 5. The smallest absolute Gasteiger partial charge is 0.414 e. The van der Waals surface area contributed by atoms with Crippen LogP contribution in [0, 0.1) is 0 Å². The summed E-state index contributed by atoms with van der Waals surface area (Å²) in [6, 6.07) is 6.54. The molecule has 2 N–H and O–H groups in total. The summed E-state index contributed by atoms with van der Waals surface area (Å²) in [6.07, 6.45) is 0.230. The van der Waals surface area contributed by atoms with Gasteiger partial charge in [0, 0.05) is 18.7 Å². The first-order valence-electron chi connectivity index (χ1n) is 6.01. The van der Waals surface area contributed by atoms with Gasteiger partial charge < -0.3 is 15.2 Å². The Bertz CT molecular complexity index is 489. The van der Waals surface area contributed by atoms with Crippen LogP contribution in [0.15, 0.2) is 24.3 Å². The molecule has 0 saturated carbocycles. The van der Waals surface area contributed by atoms with Crippen LogP contribution in [0.3, 0.4) is 0 Å². The van der Waals surface area contributed by atoms with E-state index in [1.54, 1.807) is 24.3 Å². The second-order valence-corrected chi connectivity index (χ2v) is 4.20. The molecule has 1 aromatic carbocycles. The lowest BCUT2D eigenvalue weighted by molar-refractivity contribution is 0.0600. The van der Waals surface area contributed by atoms with E-state index in [1.807, 2.05) is 0 Å². The molecule has 0 aliphatic carbocycles. The van der Waals surface area contributed by atoms with Gasteiger partial charge in [0.15, 0.2) is 0 Å². The van der Waals surface area contributed by atoms with Gasteiger partial charge in [0.2, 0.25) is 0 Å². The minimum atomic E-state index is -0.448. The van der Waals surface area contributed by atoms with E-state index in [4.69, 9.17) is 10.5 Å². The van der Waals surface area contributed by atoms with Crippen molar-refractivity contribution in [3.05, 3.63) is 29.8 Å². The van der Waals surface area contributed by atoms with Gasteiger partial charge in [-0.3, -0.25) is 4.90 Å². The fraction of sp³-hybridized carbons (Fsp3) is 0.385. The van der Waals surface area contributed by atoms with E-state index in [-0.39, 0.29) is 6.04 Å². The van der Waals surface area contributed by atoms with E-state index in [0.717, 1.165) is 0 Å². The second kappa shape index (κ2) is 5.71. The highest BCUT2D eigenvalue weighted by molar-refractivity contribution is 5.94. The zero-order valence-corrected chi connectivity index (χ0v) is 10.7. The third-order valence-electron chi connectivity index (χ3n) is 3.06. The van der Waals surface area contributed by atoms with E-state index in [0.29, 0.717) is 30.8 Å². The predicted molar refractivity (Wildman–Crippen MR) is 69.1 cm³/mol. The molecular formula is C13H16N2O4. The van der Waals surface area contributed by atoms with Crippen LogP contribution < -0.4 is 10.6 Å². The third-order valence-corrected chi connectivity index (χ3v) is 3.06. The van der Waals surface area contributed by atoms with Gasteiger partial charge in [-0.2, -0.15) is 0 Å². The number of benzene rings is 1. The molecule has 1 saturated heterocycles. The number of anilines is 1. The lowest BCUT2D eigenvalue weighted by atomic mass is 10.1. The van der Waals surface area contributed by atoms with Gasteiger partial charge in [-0.1, -0.05) is 6.07 Å². The number of rotatable bonds is 3. The SMILES string of the molecule is COC(=O)c1cccc(N2C(=O)OCCC2CN)c1. The molecule has 1 fully saturated rings. The molecule has 1 unspecified atom stereocenters. The molecule has 1 aliphatic heterocycles. The number of cyclic esters (lactones) is 1. The monoisotopic (exact) mass is 264 g/mol. The molecule has 102 valence electrons. The number of esters is 1. The van der Waals surface area contributed by atoms with Crippen molar-refractivity contribution in [2.75, 3.05) is 25.2 Å². The van der Waals surface area contributed by atoms with Crippen LogP contribution in [0.4, 0.5) is 10.5 Å². The van der Waals surface area contributed by atoms with E-state index in [9.17, 15) is 9.59 Å². The van der Waals surface area contributed by atoms with E-state index < -0.39 is 12.1 Å². The van der Waals surface area contributed by atoms with Crippen molar-refractivity contribution in [2.45, 2.75) is 12.5 Å². The van der Waals surface area contributed by atoms with Crippen molar-refractivity contribution >= 4 is 17.7 Å². The summed E-state index contributed by atoms with van der Waals surface area (Å²) in [6.45, 7) is 0.714. The average Bonchev–Trinajstić information content (AvgIpc) is 2.46. The maximum Gasteiger partial charge on any atom is 0.414 e. The van der Waals surface area contributed by atoms with Crippen molar-refractivity contribution in [2.24, 2.45) is 5.73 Å². The minimum absolute atomic E-state index is 0.117. The Balaban J connectivity index is 2.33. The van der Waals surface area contributed by atoms with Gasteiger partial charge >= 0.3 is 12.1 Å². The number of hydrogen-bond donors (Lipinski definition) is 1. The van der Waals surface area contributed by atoms with Gasteiger partial charge in [-0.15, -0.1) is 0 Å². The lowest BCUT2D eigenvalue weighted by Crippen LogP contribution is -2.49. The van der Waals surface area contributed by atoms with Crippen LogP contribution in [-0.2, 0) is 9.47 Å². The Kier molecular flexibility index (Phi) is 4.01. The highest BCUT2D eigenvalue weighted by Crippen LogP contribution is 2.24. The van der Waals surface area contributed by atoms with Gasteiger partial charge in [0.05, 0.1) is 25.3 Å². The number of nitrogens with two attached hydrogens (primary N) is 1. The first kappa shape index (κ1) is 13.4. The second-order valence-electron chi connectivity index (χ2n) is 4.20. The third kappa shape index (κ3) is 2.68. The van der Waals surface area contributed by atoms with Crippen LogP contribution in [0.1, 0.15) is 16.8 Å². The quantitative estimate of drug-likeness (QED) is 0.828. The highest BCUT2D eigenvalue weighted by Gasteiger charge is 2.30. The maximum atomic E-state index is 11.8. The average molecular weight is 264 g/mol. The topological polar surface area (TPSA) is 81.9 Å². The number of amides is 1. The van der Waals surface area contributed by atoms with Crippen molar-refractivity contribution in [1.82, 2.24) is 0 Å². The van der Waals surface area contributed by atoms with E-state index in [2.05, 4.69) is 4.74 Å². The van der Waals surface area contributed by atoms with Crippen LogP contribution in [-0.4, -0.2) is 38.4 Å². The summed E-state index contributed by atoms with van der Waals surface area (Å²) < 4.78 is 9.68. The zero-order valence-electron chi connectivity index (χ0n) is 10.7. The number of carbonyl (C=O) groups is 2. The van der Waals surface area contributed by atoms with Crippen molar-refractivity contribution in [1.29, 1.82) is 0 Å². The van der Waals surface area contributed by atoms with Gasteiger partial charge in [0.25, 0.3) is 0 Å². The fourth-order valence-corrected chi connectivity index (χ4v) is 2.07. The number of nitrogens with zero attached hydrogens (tertiary/aromatic N) is 1. The standard InChI is InChI=1S/C13H16N2O4/c1-18-12(16)9-3-2-4-10(7-9)15-11(8-14)5-6-19-13(15)17/h2-4,7,11H,5-6,8,14H2,1H3. The molecule has 1 aromatic rings.